The SMILES string of the molecule is CN=C(NCCCS(=O)(=O)Cc1ccccc1)N(C)Cc1ccccc1C.I. The van der Waals surface area contributed by atoms with Gasteiger partial charge in [0.2, 0.25) is 0 Å². The number of nitrogens with zero attached hydrogens (tertiary/aromatic N) is 2. The van der Waals surface area contributed by atoms with E-state index in [1.165, 1.54) is 11.1 Å². The van der Waals surface area contributed by atoms with Gasteiger partial charge in [-0.05, 0) is 30.0 Å². The van der Waals surface area contributed by atoms with Crippen LogP contribution in [-0.2, 0) is 22.1 Å². The Kier molecular flexibility index (Phi) is 10.5. The molecule has 1 N–H and O–H groups in total. The fourth-order valence-electron chi connectivity index (χ4n) is 2.90. The number of nitrogens with one attached hydrogen (secondary N) is 1. The zero-order chi connectivity index (χ0) is 19.7. The molecule has 2 rings (SSSR count). The minimum atomic E-state index is -3.11. The predicted molar refractivity (Wildman–Crippen MR) is 128 cm³/mol. The Morgan fingerprint density at radius 1 is 1.07 bits per heavy atom. The lowest BCUT2D eigenvalue weighted by Crippen LogP contribution is -2.39. The third-order valence-electron chi connectivity index (χ3n) is 4.39. The Labute approximate surface area is 186 Å². The van der Waals surface area contributed by atoms with Crippen molar-refractivity contribution in [2.24, 2.45) is 4.99 Å². The van der Waals surface area contributed by atoms with Crippen molar-refractivity contribution in [3.63, 3.8) is 0 Å². The molecule has 0 spiro atoms. The normalized spacial score (nSPS) is 11.6. The van der Waals surface area contributed by atoms with Gasteiger partial charge in [0.05, 0.1) is 11.5 Å². The molecule has 2 aromatic rings. The van der Waals surface area contributed by atoms with Gasteiger partial charge in [0.25, 0.3) is 0 Å². The molecule has 7 heteroatoms. The van der Waals surface area contributed by atoms with Crippen molar-refractivity contribution in [2.75, 3.05) is 26.4 Å². The van der Waals surface area contributed by atoms with Crippen molar-refractivity contribution in [2.45, 2.75) is 25.6 Å². The van der Waals surface area contributed by atoms with Crippen molar-refractivity contribution >= 4 is 39.8 Å². The number of halogens is 1. The number of hydrogen-bond donors (Lipinski definition) is 1. The van der Waals surface area contributed by atoms with E-state index in [9.17, 15) is 8.42 Å². The minimum Gasteiger partial charge on any atom is -0.356 e. The number of aryl methyl sites for hydroxylation is 1. The highest BCUT2D eigenvalue weighted by Gasteiger charge is 2.12. The molecule has 0 unspecified atom stereocenters. The number of benzene rings is 2. The zero-order valence-electron chi connectivity index (χ0n) is 16.8. The highest BCUT2D eigenvalue weighted by Crippen LogP contribution is 2.10. The molecule has 0 heterocycles. The molecule has 154 valence electrons. The van der Waals surface area contributed by atoms with E-state index in [0.29, 0.717) is 13.0 Å². The molecule has 0 aliphatic rings. The Bertz CT molecular complexity index is 855. The van der Waals surface area contributed by atoms with E-state index in [1.807, 2.05) is 54.4 Å². The molecule has 0 radical (unpaired) electrons. The summed E-state index contributed by atoms with van der Waals surface area (Å²) in [5.41, 5.74) is 3.32. The fraction of sp³-hybridized carbons (Fsp3) is 0.381. The highest BCUT2D eigenvalue weighted by molar-refractivity contribution is 14.0. The largest absolute Gasteiger partial charge is 0.356 e. The summed E-state index contributed by atoms with van der Waals surface area (Å²) in [7, 11) is 0.612. The van der Waals surface area contributed by atoms with E-state index in [4.69, 9.17) is 0 Å². The first-order chi connectivity index (χ1) is 12.9. The number of aliphatic imine (C=N–C) groups is 1. The van der Waals surface area contributed by atoms with Gasteiger partial charge >= 0.3 is 0 Å². The van der Waals surface area contributed by atoms with Crippen LogP contribution >= 0.6 is 24.0 Å². The number of hydrogen-bond acceptors (Lipinski definition) is 3. The van der Waals surface area contributed by atoms with Gasteiger partial charge in [0.15, 0.2) is 15.8 Å². The summed E-state index contributed by atoms with van der Waals surface area (Å²) in [5.74, 6) is 1.02. The standard InChI is InChI=1S/C21H29N3O2S.HI/c1-18-10-7-8-13-20(18)16-24(3)21(22-2)23-14-9-15-27(25,26)17-19-11-5-4-6-12-19;/h4-8,10-13H,9,14-17H2,1-3H3,(H,22,23);1H. The van der Waals surface area contributed by atoms with Crippen molar-refractivity contribution in [3.05, 3.63) is 71.3 Å². The monoisotopic (exact) mass is 515 g/mol. The lowest BCUT2D eigenvalue weighted by atomic mass is 10.1. The lowest BCUT2D eigenvalue weighted by Gasteiger charge is -2.23. The summed E-state index contributed by atoms with van der Waals surface area (Å²) in [5, 5.41) is 3.26. The Hall–Kier alpha value is -1.61. The van der Waals surface area contributed by atoms with Crippen LogP contribution < -0.4 is 5.32 Å². The summed E-state index contributed by atoms with van der Waals surface area (Å²) in [4.78, 5) is 6.34. The maximum atomic E-state index is 12.3. The van der Waals surface area contributed by atoms with Gasteiger partial charge in [-0.3, -0.25) is 4.99 Å². The topological polar surface area (TPSA) is 61.8 Å². The molecule has 0 atom stereocenters. The average molecular weight is 515 g/mol. The third-order valence-corrected chi connectivity index (χ3v) is 6.07. The molecular formula is C21H30IN3O2S. The predicted octanol–water partition coefficient (Wildman–Crippen LogP) is 3.63. The fourth-order valence-corrected chi connectivity index (χ4v) is 4.32. The van der Waals surface area contributed by atoms with Crippen LogP contribution in [0.2, 0.25) is 0 Å². The van der Waals surface area contributed by atoms with Crippen LogP contribution in [0.15, 0.2) is 59.6 Å². The molecule has 2 aromatic carbocycles. The van der Waals surface area contributed by atoms with Crippen molar-refractivity contribution in [3.8, 4) is 0 Å². The first-order valence-electron chi connectivity index (χ1n) is 9.12. The van der Waals surface area contributed by atoms with Crippen LogP contribution in [0.1, 0.15) is 23.1 Å². The van der Waals surface area contributed by atoms with E-state index in [2.05, 4.69) is 29.4 Å². The summed E-state index contributed by atoms with van der Waals surface area (Å²) < 4.78 is 24.5. The summed E-state index contributed by atoms with van der Waals surface area (Å²) in [6.45, 7) is 3.41. The quantitative estimate of drug-likeness (QED) is 0.253. The molecular weight excluding hydrogens is 485 g/mol. The maximum Gasteiger partial charge on any atom is 0.193 e. The van der Waals surface area contributed by atoms with Gasteiger partial charge in [0, 0.05) is 27.2 Å². The molecule has 28 heavy (non-hydrogen) atoms. The second-order valence-corrected chi connectivity index (χ2v) is 8.87. The van der Waals surface area contributed by atoms with E-state index in [1.54, 1.807) is 7.05 Å². The Morgan fingerprint density at radius 3 is 2.36 bits per heavy atom. The van der Waals surface area contributed by atoms with Gasteiger partial charge in [0.1, 0.15) is 0 Å². The van der Waals surface area contributed by atoms with E-state index in [0.717, 1.165) is 18.1 Å². The molecule has 5 nitrogen and oxygen atoms in total. The lowest BCUT2D eigenvalue weighted by molar-refractivity contribution is 0.475. The van der Waals surface area contributed by atoms with E-state index >= 15 is 0 Å². The van der Waals surface area contributed by atoms with Crippen LogP contribution in [0.4, 0.5) is 0 Å². The molecule has 0 amide bonds. The second kappa shape index (κ2) is 12.1. The molecule has 0 saturated carbocycles. The summed E-state index contributed by atoms with van der Waals surface area (Å²) in [6.07, 6.45) is 0.548. The van der Waals surface area contributed by atoms with Crippen molar-refractivity contribution < 1.29 is 8.42 Å². The van der Waals surface area contributed by atoms with Crippen LogP contribution in [-0.4, -0.2) is 45.7 Å². The van der Waals surface area contributed by atoms with Crippen LogP contribution in [0.3, 0.4) is 0 Å². The van der Waals surface area contributed by atoms with Gasteiger partial charge < -0.3 is 10.2 Å². The molecule has 0 aliphatic heterocycles. The summed E-state index contributed by atoms with van der Waals surface area (Å²) >= 11 is 0. The number of sulfone groups is 1. The zero-order valence-corrected chi connectivity index (χ0v) is 19.9. The third kappa shape index (κ3) is 8.18. The minimum absolute atomic E-state index is 0. The Morgan fingerprint density at radius 2 is 1.71 bits per heavy atom. The molecule has 0 aliphatic carbocycles. The van der Waals surface area contributed by atoms with Gasteiger partial charge in [-0.2, -0.15) is 0 Å². The number of guanidine groups is 1. The van der Waals surface area contributed by atoms with Gasteiger partial charge in [-0.1, -0.05) is 54.6 Å². The average Bonchev–Trinajstić information content (AvgIpc) is 2.64. The highest BCUT2D eigenvalue weighted by atomic mass is 127. The van der Waals surface area contributed by atoms with E-state index < -0.39 is 9.84 Å². The van der Waals surface area contributed by atoms with E-state index in [-0.39, 0.29) is 35.5 Å². The molecule has 0 bridgehead atoms. The first-order valence-corrected chi connectivity index (χ1v) is 10.9. The van der Waals surface area contributed by atoms with Gasteiger partial charge in [-0.25, -0.2) is 8.42 Å². The smallest absolute Gasteiger partial charge is 0.193 e. The number of rotatable bonds is 8. The Balaban J connectivity index is 0.00000392. The van der Waals surface area contributed by atoms with Gasteiger partial charge in [-0.15, -0.1) is 24.0 Å². The van der Waals surface area contributed by atoms with Crippen molar-refractivity contribution in [1.82, 2.24) is 10.2 Å². The second-order valence-electron chi connectivity index (χ2n) is 6.69. The first kappa shape index (κ1) is 24.4. The van der Waals surface area contributed by atoms with Crippen LogP contribution in [0.5, 0.6) is 0 Å². The maximum absolute atomic E-state index is 12.3. The molecule has 0 fully saturated rings. The summed E-state index contributed by atoms with van der Waals surface area (Å²) in [6, 6.07) is 17.6. The van der Waals surface area contributed by atoms with Crippen LogP contribution in [0.25, 0.3) is 0 Å². The molecule has 0 saturated heterocycles. The molecule has 0 aromatic heterocycles. The van der Waals surface area contributed by atoms with Crippen molar-refractivity contribution in [1.29, 1.82) is 0 Å². The van der Waals surface area contributed by atoms with Crippen LogP contribution in [0, 0.1) is 6.92 Å².